The molecule has 4 nitrogen and oxygen atoms in total. The second-order valence-corrected chi connectivity index (χ2v) is 4.23. The van der Waals surface area contributed by atoms with Crippen LogP contribution in [0.3, 0.4) is 0 Å². The molecule has 0 aliphatic rings. The molecule has 4 heteroatoms. The zero-order chi connectivity index (χ0) is 10.5. The molecule has 0 heterocycles. The van der Waals surface area contributed by atoms with Gasteiger partial charge in [0.1, 0.15) is 0 Å². The normalized spacial score (nSPS) is 11.0. The molecule has 0 saturated carbocycles. The third kappa shape index (κ3) is 8.85. The van der Waals surface area contributed by atoms with Crippen LogP contribution in [0.1, 0.15) is 33.6 Å². The summed E-state index contributed by atoms with van der Waals surface area (Å²) >= 11 is 0. The van der Waals surface area contributed by atoms with Gasteiger partial charge in [0, 0.05) is 13.0 Å². The fraction of sp³-hybridized carbons (Fsp3) is 0.778. The van der Waals surface area contributed by atoms with E-state index in [-0.39, 0.29) is 24.2 Å². The lowest BCUT2D eigenvalue weighted by atomic mass is 9.97. The van der Waals surface area contributed by atoms with Crippen LogP contribution in [0.5, 0.6) is 0 Å². The first-order valence-electron chi connectivity index (χ1n) is 4.30. The lowest BCUT2D eigenvalue weighted by molar-refractivity contribution is -0.138. The molecule has 0 spiro atoms. The highest BCUT2D eigenvalue weighted by molar-refractivity contribution is 5.80. The molecule has 0 unspecified atom stereocenters. The quantitative estimate of drug-likeness (QED) is 0.690. The van der Waals surface area contributed by atoms with Crippen molar-refractivity contribution in [1.29, 1.82) is 0 Å². The summed E-state index contributed by atoms with van der Waals surface area (Å²) in [5.74, 6) is -1.14. The SMILES string of the molecule is CC(C)(C)CNC(=O)CCC(=O)O. The monoisotopic (exact) mass is 187 g/mol. The minimum atomic E-state index is -0.939. The summed E-state index contributed by atoms with van der Waals surface area (Å²) in [6.07, 6.45) is -0.0403. The Morgan fingerprint density at radius 2 is 1.77 bits per heavy atom. The van der Waals surface area contributed by atoms with Crippen molar-refractivity contribution in [2.24, 2.45) is 5.41 Å². The van der Waals surface area contributed by atoms with E-state index in [1.165, 1.54) is 0 Å². The van der Waals surface area contributed by atoms with E-state index in [4.69, 9.17) is 5.11 Å². The number of carboxylic acid groups (broad SMARTS) is 1. The van der Waals surface area contributed by atoms with Crippen molar-refractivity contribution >= 4 is 11.9 Å². The highest BCUT2D eigenvalue weighted by atomic mass is 16.4. The molecule has 76 valence electrons. The molecule has 0 fully saturated rings. The third-order valence-electron chi connectivity index (χ3n) is 1.38. The van der Waals surface area contributed by atoms with Crippen LogP contribution in [0, 0.1) is 5.41 Å². The second-order valence-electron chi connectivity index (χ2n) is 4.23. The molecule has 13 heavy (non-hydrogen) atoms. The van der Waals surface area contributed by atoms with Gasteiger partial charge in [-0.1, -0.05) is 20.8 Å². The summed E-state index contributed by atoms with van der Waals surface area (Å²) in [6.45, 7) is 6.59. The van der Waals surface area contributed by atoms with Crippen molar-refractivity contribution < 1.29 is 14.7 Å². The van der Waals surface area contributed by atoms with Gasteiger partial charge in [-0.05, 0) is 5.41 Å². The highest BCUT2D eigenvalue weighted by Gasteiger charge is 2.12. The molecule has 0 saturated heterocycles. The number of carboxylic acids is 1. The van der Waals surface area contributed by atoms with E-state index in [2.05, 4.69) is 5.32 Å². The van der Waals surface area contributed by atoms with Crippen molar-refractivity contribution in [2.45, 2.75) is 33.6 Å². The van der Waals surface area contributed by atoms with Crippen LogP contribution < -0.4 is 5.32 Å². The van der Waals surface area contributed by atoms with Crippen molar-refractivity contribution in [3.8, 4) is 0 Å². The maximum atomic E-state index is 11.0. The summed E-state index contributed by atoms with van der Waals surface area (Å²) in [5, 5.41) is 11.0. The fourth-order valence-corrected chi connectivity index (χ4v) is 0.673. The molecule has 2 N–H and O–H groups in total. The Hall–Kier alpha value is -1.06. The van der Waals surface area contributed by atoms with Crippen molar-refractivity contribution in [3.63, 3.8) is 0 Å². The predicted molar refractivity (Wildman–Crippen MR) is 49.3 cm³/mol. The van der Waals surface area contributed by atoms with Crippen molar-refractivity contribution in [2.75, 3.05) is 6.54 Å². The lowest BCUT2D eigenvalue weighted by Gasteiger charge is -2.18. The van der Waals surface area contributed by atoms with Gasteiger partial charge in [0.25, 0.3) is 0 Å². The van der Waals surface area contributed by atoms with Gasteiger partial charge in [0.15, 0.2) is 0 Å². The average Bonchev–Trinajstić information content (AvgIpc) is 1.95. The number of carbonyl (C=O) groups excluding carboxylic acids is 1. The van der Waals surface area contributed by atoms with Crippen LogP contribution in [-0.4, -0.2) is 23.5 Å². The molecular weight excluding hydrogens is 170 g/mol. The topological polar surface area (TPSA) is 66.4 Å². The molecule has 0 rings (SSSR count). The number of hydrogen-bond acceptors (Lipinski definition) is 2. The first-order valence-corrected chi connectivity index (χ1v) is 4.30. The Morgan fingerprint density at radius 1 is 1.23 bits per heavy atom. The average molecular weight is 187 g/mol. The van der Waals surface area contributed by atoms with Gasteiger partial charge in [-0.2, -0.15) is 0 Å². The molecule has 0 aromatic heterocycles. The van der Waals surface area contributed by atoms with Crippen LogP contribution in [0.4, 0.5) is 0 Å². The number of amides is 1. The maximum Gasteiger partial charge on any atom is 0.303 e. The van der Waals surface area contributed by atoms with E-state index in [0.717, 1.165) is 0 Å². The molecular formula is C9H17NO3. The Morgan fingerprint density at radius 3 is 2.15 bits per heavy atom. The molecule has 0 bridgehead atoms. The summed E-state index contributed by atoms with van der Waals surface area (Å²) < 4.78 is 0. The van der Waals surface area contributed by atoms with Gasteiger partial charge < -0.3 is 10.4 Å². The van der Waals surface area contributed by atoms with E-state index in [9.17, 15) is 9.59 Å². The highest BCUT2D eigenvalue weighted by Crippen LogP contribution is 2.10. The molecule has 0 radical (unpaired) electrons. The summed E-state index contributed by atoms with van der Waals surface area (Å²) in [4.78, 5) is 21.1. The van der Waals surface area contributed by atoms with Crippen LogP contribution in [-0.2, 0) is 9.59 Å². The fourth-order valence-electron chi connectivity index (χ4n) is 0.673. The van der Waals surface area contributed by atoms with E-state index in [0.29, 0.717) is 6.54 Å². The van der Waals surface area contributed by atoms with Gasteiger partial charge >= 0.3 is 5.97 Å². The third-order valence-corrected chi connectivity index (χ3v) is 1.38. The van der Waals surface area contributed by atoms with Crippen molar-refractivity contribution in [1.82, 2.24) is 5.32 Å². The van der Waals surface area contributed by atoms with Crippen LogP contribution in [0.15, 0.2) is 0 Å². The summed E-state index contributed by atoms with van der Waals surface area (Å²) in [5.41, 5.74) is 0.0406. The maximum absolute atomic E-state index is 11.0. The zero-order valence-corrected chi connectivity index (χ0v) is 8.39. The first kappa shape index (κ1) is 11.9. The molecule has 0 aliphatic heterocycles. The van der Waals surface area contributed by atoms with Crippen LogP contribution in [0.2, 0.25) is 0 Å². The lowest BCUT2D eigenvalue weighted by Crippen LogP contribution is -2.32. The van der Waals surface area contributed by atoms with E-state index in [1.807, 2.05) is 20.8 Å². The summed E-state index contributed by atoms with van der Waals surface area (Å²) in [7, 11) is 0. The standard InChI is InChI=1S/C9H17NO3/c1-9(2,3)6-10-7(11)4-5-8(12)13/h4-6H2,1-3H3,(H,10,11)(H,12,13). The van der Waals surface area contributed by atoms with Crippen molar-refractivity contribution in [3.05, 3.63) is 0 Å². The van der Waals surface area contributed by atoms with E-state index < -0.39 is 5.97 Å². The number of carbonyl (C=O) groups is 2. The first-order chi connectivity index (χ1) is 5.81. The minimum Gasteiger partial charge on any atom is -0.481 e. The predicted octanol–water partition coefficient (Wildman–Crippen LogP) is 1.01. The number of nitrogens with one attached hydrogen (secondary N) is 1. The Labute approximate surface area is 78.3 Å². The number of rotatable bonds is 4. The molecule has 0 aromatic rings. The largest absolute Gasteiger partial charge is 0.481 e. The van der Waals surface area contributed by atoms with Crippen LogP contribution in [0.25, 0.3) is 0 Å². The Balaban J connectivity index is 3.58. The van der Waals surface area contributed by atoms with Gasteiger partial charge in [0.05, 0.1) is 6.42 Å². The minimum absolute atomic E-state index is 0.0406. The smallest absolute Gasteiger partial charge is 0.303 e. The molecule has 0 atom stereocenters. The zero-order valence-electron chi connectivity index (χ0n) is 8.39. The molecule has 0 aromatic carbocycles. The van der Waals surface area contributed by atoms with Gasteiger partial charge in [0.2, 0.25) is 5.91 Å². The number of hydrogen-bond donors (Lipinski definition) is 2. The Bertz CT molecular complexity index is 194. The van der Waals surface area contributed by atoms with Gasteiger partial charge in [-0.25, -0.2) is 0 Å². The Kier molecular flexibility index (Phi) is 4.45. The number of aliphatic carboxylic acids is 1. The van der Waals surface area contributed by atoms with Crippen LogP contribution >= 0.6 is 0 Å². The van der Waals surface area contributed by atoms with E-state index >= 15 is 0 Å². The molecule has 1 amide bonds. The van der Waals surface area contributed by atoms with E-state index in [1.54, 1.807) is 0 Å². The second kappa shape index (κ2) is 4.84. The summed E-state index contributed by atoms with van der Waals surface area (Å²) in [6, 6.07) is 0. The van der Waals surface area contributed by atoms with Gasteiger partial charge in [-0.15, -0.1) is 0 Å². The van der Waals surface area contributed by atoms with Gasteiger partial charge in [-0.3, -0.25) is 9.59 Å². The molecule has 0 aliphatic carbocycles.